The highest BCUT2D eigenvalue weighted by Crippen LogP contribution is 2.18. The van der Waals surface area contributed by atoms with E-state index in [1.54, 1.807) is 24.7 Å². The Kier molecular flexibility index (Phi) is 5.68. The third-order valence-electron chi connectivity index (χ3n) is 4.10. The van der Waals surface area contributed by atoms with Crippen LogP contribution in [0.2, 0.25) is 0 Å². The molecule has 0 fully saturated rings. The summed E-state index contributed by atoms with van der Waals surface area (Å²) in [6, 6.07) is 7.15. The van der Waals surface area contributed by atoms with Gasteiger partial charge in [0, 0.05) is 31.0 Å². The van der Waals surface area contributed by atoms with E-state index in [4.69, 9.17) is 9.26 Å². The van der Waals surface area contributed by atoms with Crippen molar-refractivity contribution < 1.29 is 14.1 Å². The van der Waals surface area contributed by atoms with Crippen LogP contribution in [0.3, 0.4) is 0 Å². The Morgan fingerprint density at radius 2 is 2.23 bits per heavy atom. The third-order valence-corrected chi connectivity index (χ3v) is 4.10. The Morgan fingerprint density at radius 3 is 2.96 bits per heavy atom. The minimum atomic E-state index is -0.113. The van der Waals surface area contributed by atoms with Gasteiger partial charge in [-0.15, -0.1) is 0 Å². The van der Waals surface area contributed by atoms with Gasteiger partial charge in [-0.25, -0.2) is 4.98 Å². The number of hydrogen-bond acceptors (Lipinski definition) is 5. The molecule has 0 aliphatic rings. The lowest BCUT2D eigenvalue weighted by molar-refractivity contribution is 0.0952. The zero-order valence-corrected chi connectivity index (χ0v) is 14.9. The van der Waals surface area contributed by atoms with Crippen molar-refractivity contribution in [3.63, 3.8) is 0 Å². The summed E-state index contributed by atoms with van der Waals surface area (Å²) >= 11 is 0. The largest absolute Gasteiger partial charge is 0.489 e. The highest BCUT2D eigenvalue weighted by molar-refractivity contribution is 5.94. The van der Waals surface area contributed by atoms with Crippen molar-refractivity contribution in [2.75, 3.05) is 6.54 Å². The van der Waals surface area contributed by atoms with Crippen LogP contribution in [-0.2, 0) is 13.2 Å². The number of ether oxygens (including phenoxy) is 1. The van der Waals surface area contributed by atoms with Crippen LogP contribution in [0, 0.1) is 13.8 Å². The van der Waals surface area contributed by atoms with Gasteiger partial charge < -0.3 is 19.1 Å². The van der Waals surface area contributed by atoms with Crippen LogP contribution in [0.5, 0.6) is 5.75 Å². The number of nitrogens with zero attached hydrogens (tertiary/aromatic N) is 3. The first kappa shape index (κ1) is 17.7. The first-order valence-corrected chi connectivity index (χ1v) is 8.52. The van der Waals surface area contributed by atoms with E-state index in [-0.39, 0.29) is 5.91 Å². The fourth-order valence-electron chi connectivity index (χ4n) is 2.58. The van der Waals surface area contributed by atoms with Gasteiger partial charge in [0.2, 0.25) is 0 Å². The van der Waals surface area contributed by atoms with Crippen LogP contribution >= 0.6 is 0 Å². The van der Waals surface area contributed by atoms with E-state index in [0.29, 0.717) is 24.5 Å². The van der Waals surface area contributed by atoms with Crippen molar-refractivity contribution in [1.82, 2.24) is 20.0 Å². The first-order chi connectivity index (χ1) is 12.6. The summed E-state index contributed by atoms with van der Waals surface area (Å²) in [6.45, 7) is 5.51. The molecule has 1 amide bonds. The van der Waals surface area contributed by atoms with Gasteiger partial charge >= 0.3 is 0 Å². The zero-order valence-electron chi connectivity index (χ0n) is 14.9. The maximum Gasteiger partial charge on any atom is 0.251 e. The Balaban J connectivity index is 1.50. The van der Waals surface area contributed by atoms with Crippen LogP contribution in [0.4, 0.5) is 0 Å². The lowest BCUT2D eigenvalue weighted by atomic mass is 10.2. The van der Waals surface area contributed by atoms with E-state index in [9.17, 15) is 4.79 Å². The number of carbonyl (C=O) groups excluding carboxylic acids is 1. The molecule has 136 valence electrons. The van der Waals surface area contributed by atoms with Gasteiger partial charge in [-0.05, 0) is 38.5 Å². The number of imidazole rings is 1. The van der Waals surface area contributed by atoms with E-state index in [0.717, 1.165) is 30.0 Å². The topological polar surface area (TPSA) is 82.2 Å². The lowest BCUT2D eigenvalue weighted by Crippen LogP contribution is -2.25. The number of benzene rings is 1. The second-order valence-electron chi connectivity index (χ2n) is 6.03. The molecule has 7 nitrogen and oxygen atoms in total. The Morgan fingerprint density at radius 1 is 1.35 bits per heavy atom. The normalized spacial score (nSPS) is 10.7. The Hall–Kier alpha value is -3.09. The summed E-state index contributed by atoms with van der Waals surface area (Å²) in [5, 5.41) is 6.83. The summed E-state index contributed by atoms with van der Waals surface area (Å²) in [5.41, 5.74) is 2.32. The molecule has 0 aliphatic heterocycles. The van der Waals surface area contributed by atoms with Gasteiger partial charge in [-0.2, -0.15) is 0 Å². The summed E-state index contributed by atoms with van der Waals surface area (Å²) < 4.78 is 12.9. The van der Waals surface area contributed by atoms with Crippen molar-refractivity contribution in [1.29, 1.82) is 0 Å². The predicted octanol–water partition coefficient (Wildman–Crippen LogP) is 2.89. The highest BCUT2D eigenvalue weighted by atomic mass is 16.5. The van der Waals surface area contributed by atoms with E-state index in [1.165, 1.54) is 0 Å². The van der Waals surface area contributed by atoms with Gasteiger partial charge in [0.05, 0.1) is 17.6 Å². The summed E-state index contributed by atoms with van der Waals surface area (Å²) in [7, 11) is 0. The minimum Gasteiger partial charge on any atom is -0.489 e. The van der Waals surface area contributed by atoms with E-state index in [2.05, 4.69) is 15.5 Å². The predicted molar refractivity (Wildman–Crippen MR) is 95.9 cm³/mol. The molecule has 0 radical (unpaired) electrons. The number of aryl methyl sites for hydroxylation is 3. The molecule has 1 N–H and O–H groups in total. The molecule has 3 rings (SSSR count). The minimum absolute atomic E-state index is 0.113. The average Bonchev–Trinajstić information content (AvgIpc) is 3.27. The van der Waals surface area contributed by atoms with Gasteiger partial charge in [-0.3, -0.25) is 4.79 Å². The SMILES string of the molecule is Cc1noc(C)c1COc1cccc(C(=O)NCCCn2ccnc2)c1. The van der Waals surface area contributed by atoms with Crippen molar-refractivity contribution in [2.24, 2.45) is 0 Å². The standard InChI is InChI=1S/C19H22N4O3/c1-14-18(15(2)26-22-14)12-25-17-6-3-5-16(11-17)19(24)21-7-4-9-23-10-8-20-13-23/h3,5-6,8,10-11,13H,4,7,9,12H2,1-2H3,(H,21,24). The molecule has 3 aromatic rings. The average molecular weight is 354 g/mol. The van der Waals surface area contributed by atoms with Crippen molar-refractivity contribution in [3.05, 3.63) is 65.6 Å². The maximum atomic E-state index is 12.3. The summed E-state index contributed by atoms with van der Waals surface area (Å²) in [4.78, 5) is 16.3. The smallest absolute Gasteiger partial charge is 0.251 e. The van der Waals surface area contributed by atoms with Crippen LogP contribution < -0.4 is 10.1 Å². The van der Waals surface area contributed by atoms with Gasteiger partial charge in [0.15, 0.2) is 0 Å². The quantitative estimate of drug-likeness (QED) is 0.629. The molecule has 2 aromatic heterocycles. The molecule has 0 unspecified atom stereocenters. The fraction of sp³-hybridized carbons (Fsp3) is 0.316. The molecule has 2 heterocycles. The number of nitrogens with one attached hydrogen (secondary N) is 1. The second kappa shape index (κ2) is 8.33. The molecule has 7 heteroatoms. The van der Waals surface area contributed by atoms with Crippen molar-refractivity contribution >= 4 is 5.91 Å². The number of hydrogen-bond donors (Lipinski definition) is 1. The van der Waals surface area contributed by atoms with Crippen LogP contribution in [0.1, 0.15) is 33.8 Å². The van der Waals surface area contributed by atoms with E-state index in [1.807, 2.05) is 36.7 Å². The first-order valence-electron chi connectivity index (χ1n) is 8.52. The second-order valence-corrected chi connectivity index (χ2v) is 6.03. The van der Waals surface area contributed by atoms with E-state index < -0.39 is 0 Å². The van der Waals surface area contributed by atoms with Crippen molar-refractivity contribution in [3.8, 4) is 5.75 Å². The number of aromatic nitrogens is 3. The summed E-state index contributed by atoms with van der Waals surface area (Å²) in [6.07, 6.45) is 6.25. The highest BCUT2D eigenvalue weighted by Gasteiger charge is 2.11. The van der Waals surface area contributed by atoms with Crippen molar-refractivity contribution in [2.45, 2.75) is 33.4 Å². The number of carbonyl (C=O) groups is 1. The van der Waals surface area contributed by atoms with E-state index >= 15 is 0 Å². The Bertz CT molecular complexity index is 836. The third kappa shape index (κ3) is 4.50. The molecule has 26 heavy (non-hydrogen) atoms. The number of amides is 1. The molecule has 0 saturated heterocycles. The van der Waals surface area contributed by atoms with Crippen LogP contribution in [0.25, 0.3) is 0 Å². The monoisotopic (exact) mass is 354 g/mol. The zero-order chi connectivity index (χ0) is 18.4. The van der Waals surface area contributed by atoms with Gasteiger partial charge in [-0.1, -0.05) is 11.2 Å². The molecule has 0 aliphatic carbocycles. The molecule has 0 bridgehead atoms. The molecule has 1 aromatic carbocycles. The molecular formula is C19H22N4O3. The van der Waals surface area contributed by atoms with Gasteiger partial charge in [0.1, 0.15) is 18.1 Å². The lowest BCUT2D eigenvalue weighted by Gasteiger charge is -2.09. The fourth-order valence-corrected chi connectivity index (χ4v) is 2.58. The van der Waals surface area contributed by atoms with Gasteiger partial charge in [0.25, 0.3) is 5.91 Å². The molecule has 0 atom stereocenters. The maximum absolute atomic E-state index is 12.3. The Labute approximate surface area is 152 Å². The van der Waals surface area contributed by atoms with Crippen LogP contribution in [-0.4, -0.2) is 27.2 Å². The summed E-state index contributed by atoms with van der Waals surface area (Å²) in [5.74, 6) is 1.27. The molecule has 0 saturated carbocycles. The number of rotatable bonds is 8. The molecule has 0 spiro atoms. The molecular weight excluding hydrogens is 332 g/mol. The van der Waals surface area contributed by atoms with Crippen LogP contribution in [0.15, 0.2) is 47.5 Å².